The van der Waals surface area contributed by atoms with Crippen molar-refractivity contribution < 1.29 is 14.4 Å². The molecule has 0 aliphatic heterocycles. The zero-order chi connectivity index (χ0) is 12.4. The van der Waals surface area contributed by atoms with Gasteiger partial charge in [0, 0.05) is 10.6 Å². The molecule has 2 N–H and O–H groups in total. The number of carbonyl (C=O) groups excluding carboxylic acids is 1. The molecular weight excluding hydrogens is 265 g/mol. The third kappa shape index (κ3) is 2.44. The van der Waals surface area contributed by atoms with Crippen LogP contribution in [0.2, 0.25) is 10.0 Å². The van der Waals surface area contributed by atoms with Gasteiger partial charge in [-0.25, -0.2) is 5.48 Å². The monoisotopic (exact) mass is 271 g/mol. The second kappa shape index (κ2) is 4.79. The average molecular weight is 272 g/mol. The Hall–Kier alpha value is -1.49. The third-order valence-corrected chi connectivity index (χ3v) is 2.68. The molecule has 0 saturated carbocycles. The zero-order valence-corrected chi connectivity index (χ0v) is 9.92. The molecule has 4 nitrogen and oxygen atoms in total. The van der Waals surface area contributed by atoms with E-state index in [1.165, 1.54) is 11.5 Å². The Labute approximate surface area is 107 Å². The fourth-order valence-electron chi connectivity index (χ4n) is 1.35. The van der Waals surface area contributed by atoms with E-state index in [0.717, 1.165) is 0 Å². The van der Waals surface area contributed by atoms with Crippen LogP contribution in [0.4, 0.5) is 0 Å². The minimum atomic E-state index is -0.721. The van der Waals surface area contributed by atoms with Gasteiger partial charge in [-0.2, -0.15) is 0 Å². The van der Waals surface area contributed by atoms with E-state index in [9.17, 15) is 4.79 Å². The summed E-state index contributed by atoms with van der Waals surface area (Å²) in [6, 6.07) is 7.94. The molecule has 88 valence electrons. The maximum atomic E-state index is 11.1. The predicted octanol–water partition coefficient (Wildman–Crippen LogP) is 3.37. The fourth-order valence-corrected chi connectivity index (χ4v) is 1.85. The summed E-state index contributed by atoms with van der Waals surface area (Å²) in [6.07, 6.45) is 0. The van der Waals surface area contributed by atoms with Crippen molar-refractivity contribution >= 4 is 29.1 Å². The first-order chi connectivity index (χ1) is 8.11. The smallest absolute Gasteiger partial charge is 0.310 e. The van der Waals surface area contributed by atoms with Crippen LogP contribution in [0.25, 0.3) is 11.3 Å². The molecule has 0 aliphatic carbocycles. The van der Waals surface area contributed by atoms with E-state index >= 15 is 0 Å². The molecule has 0 radical (unpaired) electrons. The van der Waals surface area contributed by atoms with Crippen molar-refractivity contribution in [2.75, 3.05) is 0 Å². The first-order valence-electron chi connectivity index (χ1n) is 4.61. The summed E-state index contributed by atoms with van der Waals surface area (Å²) in [6.45, 7) is 0. The lowest BCUT2D eigenvalue weighted by Gasteiger charge is -2.01. The molecule has 1 aromatic heterocycles. The van der Waals surface area contributed by atoms with Crippen LogP contribution in [-0.4, -0.2) is 11.1 Å². The van der Waals surface area contributed by atoms with Crippen LogP contribution in [0, 0.1) is 0 Å². The van der Waals surface area contributed by atoms with Crippen LogP contribution in [-0.2, 0) is 0 Å². The molecule has 0 bridgehead atoms. The van der Waals surface area contributed by atoms with Gasteiger partial charge in [0.15, 0.2) is 5.76 Å². The van der Waals surface area contributed by atoms with E-state index in [1.807, 2.05) is 0 Å². The van der Waals surface area contributed by atoms with Gasteiger partial charge in [0.1, 0.15) is 5.76 Å². The second-order valence-corrected chi connectivity index (χ2v) is 4.07. The minimum absolute atomic E-state index is 0.00600. The van der Waals surface area contributed by atoms with Crippen LogP contribution in [0.5, 0.6) is 0 Å². The lowest BCUT2D eigenvalue weighted by Crippen LogP contribution is -2.17. The van der Waals surface area contributed by atoms with Gasteiger partial charge < -0.3 is 4.42 Å². The van der Waals surface area contributed by atoms with Gasteiger partial charge >= 0.3 is 5.91 Å². The van der Waals surface area contributed by atoms with Crippen LogP contribution in [0.1, 0.15) is 10.6 Å². The number of amides is 1. The van der Waals surface area contributed by atoms with Crippen molar-refractivity contribution in [3.8, 4) is 11.3 Å². The molecule has 1 heterocycles. The van der Waals surface area contributed by atoms with Crippen molar-refractivity contribution in [1.29, 1.82) is 0 Å². The van der Waals surface area contributed by atoms with Crippen LogP contribution in [0.3, 0.4) is 0 Å². The number of rotatable bonds is 2. The third-order valence-electron chi connectivity index (χ3n) is 2.13. The molecule has 0 fully saturated rings. The maximum absolute atomic E-state index is 11.1. The number of hydroxylamine groups is 1. The Morgan fingerprint density at radius 1 is 1.24 bits per heavy atom. The topological polar surface area (TPSA) is 62.5 Å². The predicted molar refractivity (Wildman–Crippen MR) is 63.4 cm³/mol. The molecule has 0 aliphatic rings. The fraction of sp³-hybridized carbons (Fsp3) is 0. The van der Waals surface area contributed by atoms with Gasteiger partial charge in [0.2, 0.25) is 0 Å². The number of nitrogens with one attached hydrogen (secondary N) is 1. The number of benzene rings is 1. The quantitative estimate of drug-likeness (QED) is 0.650. The molecule has 2 aromatic rings. The summed E-state index contributed by atoms with van der Waals surface area (Å²) < 4.78 is 5.24. The highest BCUT2D eigenvalue weighted by molar-refractivity contribution is 6.36. The summed E-state index contributed by atoms with van der Waals surface area (Å²) in [5, 5.41) is 9.39. The van der Waals surface area contributed by atoms with Crippen LogP contribution >= 0.6 is 23.2 Å². The molecule has 0 atom stereocenters. The Bertz CT molecular complexity index is 566. The van der Waals surface area contributed by atoms with E-state index in [1.54, 1.807) is 24.3 Å². The molecule has 0 spiro atoms. The van der Waals surface area contributed by atoms with Gasteiger partial charge in [-0.05, 0) is 30.3 Å². The molecule has 2 rings (SSSR count). The summed E-state index contributed by atoms with van der Waals surface area (Å²) >= 11 is 11.8. The first-order valence-corrected chi connectivity index (χ1v) is 5.37. The van der Waals surface area contributed by atoms with E-state index in [0.29, 0.717) is 21.4 Å². The summed E-state index contributed by atoms with van der Waals surface area (Å²) in [5.41, 5.74) is 2.10. The lowest BCUT2D eigenvalue weighted by molar-refractivity contribution is 0.0677. The summed E-state index contributed by atoms with van der Waals surface area (Å²) in [4.78, 5) is 11.1. The van der Waals surface area contributed by atoms with E-state index < -0.39 is 5.91 Å². The highest BCUT2D eigenvalue weighted by Gasteiger charge is 2.13. The van der Waals surface area contributed by atoms with Gasteiger partial charge in [0.25, 0.3) is 0 Å². The van der Waals surface area contributed by atoms with Gasteiger partial charge in [-0.3, -0.25) is 10.0 Å². The van der Waals surface area contributed by atoms with Gasteiger partial charge in [-0.15, -0.1) is 0 Å². The normalized spacial score (nSPS) is 10.3. The van der Waals surface area contributed by atoms with Gasteiger partial charge in [0.05, 0.1) is 5.02 Å². The zero-order valence-electron chi connectivity index (χ0n) is 8.41. The lowest BCUT2D eigenvalue weighted by atomic mass is 10.2. The molecule has 0 unspecified atom stereocenters. The highest BCUT2D eigenvalue weighted by Crippen LogP contribution is 2.31. The molecule has 6 heteroatoms. The number of hydrogen-bond donors (Lipinski definition) is 2. The summed E-state index contributed by atoms with van der Waals surface area (Å²) in [7, 11) is 0. The summed E-state index contributed by atoms with van der Waals surface area (Å²) in [5.74, 6) is -0.305. The van der Waals surface area contributed by atoms with Crippen molar-refractivity contribution in [1.82, 2.24) is 5.48 Å². The Balaban J connectivity index is 2.40. The standard InChI is InChI=1S/C11H7Cl2NO3/c12-6-1-2-7(8(13)5-6)9-3-4-10(17-9)11(15)14-16/h1-5,16H,(H,14,15). The van der Waals surface area contributed by atoms with E-state index in [-0.39, 0.29) is 5.76 Å². The van der Waals surface area contributed by atoms with Crippen molar-refractivity contribution in [3.63, 3.8) is 0 Å². The first kappa shape index (κ1) is 12.0. The van der Waals surface area contributed by atoms with Gasteiger partial charge in [-0.1, -0.05) is 23.2 Å². The minimum Gasteiger partial charge on any atom is -0.451 e. The largest absolute Gasteiger partial charge is 0.451 e. The number of hydrogen-bond acceptors (Lipinski definition) is 3. The molecule has 17 heavy (non-hydrogen) atoms. The number of carbonyl (C=O) groups is 1. The van der Waals surface area contributed by atoms with Crippen LogP contribution < -0.4 is 5.48 Å². The van der Waals surface area contributed by atoms with Crippen LogP contribution in [0.15, 0.2) is 34.7 Å². The number of furan rings is 1. The SMILES string of the molecule is O=C(NO)c1ccc(-c2ccc(Cl)cc2Cl)o1. The molecule has 1 amide bonds. The van der Waals surface area contributed by atoms with E-state index in [4.69, 9.17) is 32.8 Å². The molecule has 1 aromatic carbocycles. The molecular formula is C11H7Cl2NO3. The second-order valence-electron chi connectivity index (χ2n) is 3.23. The maximum Gasteiger partial charge on any atom is 0.310 e. The molecule has 0 saturated heterocycles. The van der Waals surface area contributed by atoms with E-state index in [2.05, 4.69) is 0 Å². The Morgan fingerprint density at radius 2 is 2.00 bits per heavy atom. The Morgan fingerprint density at radius 3 is 2.65 bits per heavy atom. The highest BCUT2D eigenvalue weighted by atomic mass is 35.5. The Kier molecular flexibility index (Phi) is 3.38. The number of halogens is 2. The van der Waals surface area contributed by atoms with Crippen molar-refractivity contribution in [3.05, 3.63) is 46.1 Å². The van der Waals surface area contributed by atoms with Crippen molar-refractivity contribution in [2.24, 2.45) is 0 Å². The average Bonchev–Trinajstić information content (AvgIpc) is 2.77. The van der Waals surface area contributed by atoms with Crippen molar-refractivity contribution in [2.45, 2.75) is 0 Å².